The Morgan fingerprint density at radius 1 is 1.56 bits per heavy atom. The molecule has 0 aliphatic carbocycles. The highest BCUT2D eigenvalue weighted by Gasteiger charge is 2.18. The van der Waals surface area contributed by atoms with Gasteiger partial charge in [-0.3, -0.25) is 9.59 Å². The lowest BCUT2D eigenvalue weighted by atomic mass is 10.1. The van der Waals surface area contributed by atoms with Crippen molar-refractivity contribution in [2.24, 2.45) is 0 Å². The Labute approximate surface area is 106 Å². The van der Waals surface area contributed by atoms with Crippen molar-refractivity contribution in [3.05, 3.63) is 23.8 Å². The van der Waals surface area contributed by atoms with Gasteiger partial charge in [-0.2, -0.15) is 0 Å². The molecule has 0 spiro atoms. The van der Waals surface area contributed by atoms with Gasteiger partial charge in [0.1, 0.15) is 5.78 Å². The fourth-order valence-corrected chi connectivity index (χ4v) is 2.57. The van der Waals surface area contributed by atoms with Gasteiger partial charge in [0.2, 0.25) is 5.91 Å². The first kappa shape index (κ1) is 11.7. The summed E-state index contributed by atoms with van der Waals surface area (Å²) in [4.78, 5) is 23.2. The summed E-state index contributed by atoms with van der Waals surface area (Å²) in [5.41, 5.74) is 1.67. The molecule has 0 saturated heterocycles. The van der Waals surface area contributed by atoms with Crippen molar-refractivity contribution in [1.29, 1.82) is 0 Å². The molecule has 1 aliphatic heterocycles. The number of Topliss-reactive ketones (excluding diaryl/α,β-unsaturated/α-hetero) is 1. The standard InChI is InChI=1S/C11H10BrNO2S/c1-6(14)11(12)7-2-3-9-8(4-7)13-10(15)5-16-9/h2-4,11H,5H2,1H3,(H,13,15). The van der Waals surface area contributed by atoms with E-state index in [-0.39, 0.29) is 16.5 Å². The van der Waals surface area contributed by atoms with Gasteiger partial charge in [0.25, 0.3) is 0 Å². The molecule has 1 N–H and O–H groups in total. The van der Waals surface area contributed by atoms with E-state index in [1.807, 2.05) is 18.2 Å². The van der Waals surface area contributed by atoms with Gasteiger partial charge in [-0.25, -0.2) is 0 Å². The normalized spacial score (nSPS) is 16.2. The molecule has 2 rings (SSSR count). The van der Waals surface area contributed by atoms with E-state index < -0.39 is 0 Å². The molecule has 5 heteroatoms. The van der Waals surface area contributed by atoms with E-state index in [0.29, 0.717) is 5.75 Å². The zero-order valence-electron chi connectivity index (χ0n) is 8.62. The van der Waals surface area contributed by atoms with Crippen LogP contribution in [0.15, 0.2) is 23.1 Å². The highest BCUT2D eigenvalue weighted by atomic mass is 79.9. The van der Waals surface area contributed by atoms with Gasteiger partial charge in [-0.1, -0.05) is 22.0 Å². The summed E-state index contributed by atoms with van der Waals surface area (Å²) in [6.07, 6.45) is 0. The number of anilines is 1. The van der Waals surface area contributed by atoms with Crippen molar-refractivity contribution in [2.45, 2.75) is 16.6 Å². The summed E-state index contributed by atoms with van der Waals surface area (Å²) < 4.78 is 0. The van der Waals surface area contributed by atoms with Crippen LogP contribution in [0.1, 0.15) is 17.3 Å². The van der Waals surface area contributed by atoms with Crippen molar-refractivity contribution in [2.75, 3.05) is 11.1 Å². The van der Waals surface area contributed by atoms with Crippen LogP contribution in [0.25, 0.3) is 0 Å². The number of fused-ring (bicyclic) bond motifs is 1. The molecule has 1 amide bonds. The van der Waals surface area contributed by atoms with Crippen LogP contribution in [0.5, 0.6) is 0 Å². The molecule has 0 saturated carbocycles. The zero-order valence-corrected chi connectivity index (χ0v) is 11.0. The maximum Gasteiger partial charge on any atom is 0.234 e. The van der Waals surface area contributed by atoms with Crippen LogP contribution in [0.3, 0.4) is 0 Å². The van der Waals surface area contributed by atoms with Gasteiger partial charge in [0, 0.05) is 4.90 Å². The van der Waals surface area contributed by atoms with Gasteiger partial charge < -0.3 is 5.32 Å². The van der Waals surface area contributed by atoms with E-state index in [1.165, 1.54) is 18.7 Å². The lowest BCUT2D eigenvalue weighted by Crippen LogP contribution is -2.19. The van der Waals surface area contributed by atoms with Gasteiger partial charge >= 0.3 is 0 Å². The van der Waals surface area contributed by atoms with Crippen molar-refractivity contribution in [1.82, 2.24) is 0 Å². The van der Waals surface area contributed by atoms with E-state index in [9.17, 15) is 9.59 Å². The lowest BCUT2D eigenvalue weighted by molar-refractivity contribution is -0.116. The summed E-state index contributed by atoms with van der Waals surface area (Å²) >= 11 is 4.84. The lowest BCUT2D eigenvalue weighted by Gasteiger charge is -2.18. The molecule has 3 nitrogen and oxygen atoms in total. The molecule has 1 atom stereocenters. The van der Waals surface area contributed by atoms with E-state index in [4.69, 9.17) is 0 Å². The number of nitrogens with one attached hydrogen (secondary N) is 1. The van der Waals surface area contributed by atoms with Crippen molar-refractivity contribution >= 4 is 45.1 Å². The highest BCUT2D eigenvalue weighted by molar-refractivity contribution is 9.09. The van der Waals surface area contributed by atoms with Gasteiger partial charge in [-0.15, -0.1) is 11.8 Å². The van der Waals surface area contributed by atoms with Crippen LogP contribution < -0.4 is 5.32 Å². The largest absolute Gasteiger partial charge is 0.324 e. The smallest absolute Gasteiger partial charge is 0.234 e. The SMILES string of the molecule is CC(=O)C(Br)c1ccc2c(c1)NC(=O)CS2. The Morgan fingerprint density at radius 2 is 2.31 bits per heavy atom. The number of rotatable bonds is 2. The number of hydrogen-bond acceptors (Lipinski definition) is 3. The molecule has 0 fully saturated rings. The number of carbonyl (C=O) groups is 2. The van der Waals surface area contributed by atoms with Crippen LogP contribution >= 0.6 is 27.7 Å². The second-order valence-electron chi connectivity index (χ2n) is 3.57. The summed E-state index contributed by atoms with van der Waals surface area (Å²) in [6.45, 7) is 1.53. The Morgan fingerprint density at radius 3 is 3.00 bits per heavy atom. The quantitative estimate of drug-likeness (QED) is 0.854. The fourth-order valence-electron chi connectivity index (χ4n) is 1.49. The van der Waals surface area contributed by atoms with E-state index >= 15 is 0 Å². The molecule has 0 aromatic heterocycles. The number of thioether (sulfide) groups is 1. The molecule has 1 aromatic rings. The third kappa shape index (κ3) is 2.30. The predicted molar refractivity (Wildman–Crippen MR) is 68.1 cm³/mol. The molecular weight excluding hydrogens is 290 g/mol. The number of hydrogen-bond donors (Lipinski definition) is 1. The minimum absolute atomic E-state index is 0.00333. The molecule has 16 heavy (non-hydrogen) atoms. The monoisotopic (exact) mass is 299 g/mol. The summed E-state index contributed by atoms with van der Waals surface area (Å²) in [5.74, 6) is 0.509. The van der Waals surface area contributed by atoms with Crippen LogP contribution in [0.2, 0.25) is 0 Å². The van der Waals surface area contributed by atoms with Crippen molar-refractivity contribution in [3.63, 3.8) is 0 Å². The number of halogens is 1. The number of ketones is 1. The van der Waals surface area contributed by atoms with Crippen LogP contribution in [0.4, 0.5) is 5.69 Å². The third-order valence-corrected chi connectivity index (χ3v) is 4.53. The maximum absolute atomic E-state index is 11.2. The average molecular weight is 300 g/mol. The Hall–Kier alpha value is -0.810. The zero-order chi connectivity index (χ0) is 11.7. The van der Waals surface area contributed by atoms with Gasteiger partial charge in [0.05, 0.1) is 16.3 Å². The molecule has 0 radical (unpaired) electrons. The Bertz CT molecular complexity index is 461. The fraction of sp³-hybridized carbons (Fsp3) is 0.273. The maximum atomic E-state index is 11.2. The van der Waals surface area contributed by atoms with Gasteiger partial charge in [0.15, 0.2) is 0 Å². The van der Waals surface area contributed by atoms with Crippen molar-refractivity contribution < 1.29 is 9.59 Å². The second kappa shape index (κ2) is 4.59. The number of alkyl halides is 1. The van der Waals surface area contributed by atoms with Gasteiger partial charge in [-0.05, 0) is 24.6 Å². The second-order valence-corrected chi connectivity index (χ2v) is 5.50. The van der Waals surface area contributed by atoms with Crippen molar-refractivity contribution in [3.8, 4) is 0 Å². The molecule has 1 aliphatic rings. The Balaban J connectivity index is 2.34. The van der Waals surface area contributed by atoms with Crippen LogP contribution in [-0.4, -0.2) is 17.4 Å². The number of carbonyl (C=O) groups excluding carboxylic acids is 2. The molecule has 0 bridgehead atoms. The third-order valence-electron chi connectivity index (χ3n) is 2.29. The summed E-state index contributed by atoms with van der Waals surface area (Å²) in [6, 6.07) is 5.69. The number of amides is 1. The Kier molecular flexibility index (Phi) is 3.35. The minimum Gasteiger partial charge on any atom is -0.324 e. The van der Waals surface area contributed by atoms with E-state index in [0.717, 1.165) is 16.1 Å². The molecule has 1 heterocycles. The molecule has 84 valence electrons. The molecule has 1 unspecified atom stereocenters. The first-order valence-electron chi connectivity index (χ1n) is 4.79. The summed E-state index contributed by atoms with van der Waals surface area (Å²) in [7, 11) is 0. The number of benzene rings is 1. The van der Waals surface area contributed by atoms with Crippen LogP contribution in [0, 0.1) is 0 Å². The van der Waals surface area contributed by atoms with E-state index in [2.05, 4.69) is 21.2 Å². The molecular formula is C11H10BrNO2S. The first-order chi connectivity index (χ1) is 7.58. The predicted octanol–water partition coefficient (Wildman–Crippen LogP) is 2.76. The average Bonchev–Trinajstić information content (AvgIpc) is 2.26. The van der Waals surface area contributed by atoms with Crippen LogP contribution in [-0.2, 0) is 9.59 Å². The minimum atomic E-state index is -0.304. The topological polar surface area (TPSA) is 46.2 Å². The highest BCUT2D eigenvalue weighted by Crippen LogP contribution is 2.35. The van der Waals surface area contributed by atoms with E-state index in [1.54, 1.807) is 0 Å². The molecule has 1 aromatic carbocycles. The first-order valence-corrected chi connectivity index (χ1v) is 6.69. The summed E-state index contributed by atoms with van der Waals surface area (Å²) in [5, 5.41) is 2.80.